The molecule has 1 aromatic heterocycles. The highest BCUT2D eigenvalue weighted by Gasteiger charge is 2.34. The molecule has 0 saturated heterocycles. The summed E-state index contributed by atoms with van der Waals surface area (Å²) in [5.74, 6) is 0. The van der Waals surface area contributed by atoms with E-state index in [1.165, 1.54) is 0 Å². The number of hydrogen-bond donors (Lipinski definition) is 2. The summed E-state index contributed by atoms with van der Waals surface area (Å²) in [6, 6.07) is 1.72. The maximum atomic E-state index is 10.1. The minimum atomic E-state index is -1.05. The quantitative estimate of drug-likeness (QED) is 0.759. The molecule has 1 aromatic rings. The lowest BCUT2D eigenvalue weighted by molar-refractivity contribution is -0.0853. The van der Waals surface area contributed by atoms with Crippen LogP contribution in [0.2, 0.25) is 0 Å². The molecule has 0 fully saturated rings. The number of rotatable bonds is 4. The Bertz CT molecular complexity index is 292. The van der Waals surface area contributed by atoms with Crippen molar-refractivity contribution in [2.24, 2.45) is 7.05 Å². The molecule has 0 aliphatic rings. The molecule has 0 radical (unpaired) electrons. The molecule has 1 unspecified atom stereocenters. The molecule has 0 aliphatic heterocycles. The van der Waals surface area contributed by atoms with Crippen molar-refractivity contribution < 1.29 is 10.2 Å². The van der Waals surface area contributed by atoms with E-state index < -0.39 is 11.7 Å². The number of aromatic nitrogens is 2. The highest BCUT2D eigenvalue weighted by molar-refractivity contribution is 5.09. The van der Waals surface area contributed by atoms with Crippen LogP contribution in [0.5, 0.6) is 0 Å². The van der Waals surface area contributed by atoms with Gasteiger partial charge in [-0.25, -0.2) is 0 Å². The van der Waals surface area contributed by atoms with E-state index in [1.54, 1.807) is 24.0 Å². The summed E-state index contributed by atoms with van der Waals surface area (Å²) in [5, 5.41) is 24.1. The fourth-order valence-corrected chi connectivity index (χ4v) is 1.56. The zero-order valence-corrected chi connectivity index (χ0v) is 8.94. The van der Waals surface area contributed by atoms with E-state index >= 15 is 0 Å². The molecule has 14 heavy (non-hydrogen) atoms. The Kier molecular flexibility index (Phi) is 3.29. The van der Waals surface area contributed by atoms with E-state index in [1.807, 2.05) is 13.8 Å². The smallest absolute Gasteiger partial charge is 0.124 e. The van der Waals surface area contributed by atoms with Gasteiger partial charge in [0.25, 0.3) is 0 Å². The minimum absolute atomic E-state index is 0.524. The molecule has 0 bridgehead atoms. The summed E-state index contributed by atoms with van der Waals surface area (Å²) >= 11 is 0. The molecule has 1 heterocycles. The number of aliphatic hydroxyl groups excluding tert-OH is 1. The lowest BCUT2D eigenvalue weighted by Gasteiger charge is -2.30. The van der Waals surface area contributed by atoms with Crippen LogP contribution in [0, 0.1) is 0 Å². The van der Waals surface area contributed by atoms with Crippen molar-refractivity contribution in [2.45, 2.75) is 38.4 Å². The number of nitrogens with zero attached hydrogens (tertiary/aromatic N) is 2. The Morgan fingerprint density at radius 2 is 2.07 bits per heavy atom. The Morgan fingerprint density at radius 1 is 1.50 bits per heavy atom. The maximum Gasteiger partial charge on any atom is 0.124 e. The predicted molar refractivity (Wildman–Crippen MR) is 53.7 cm³/mol. The summed E-state index contributed by atoms with van der Waals surface area (Å²) in [4.78, 5) is 0. The molecule has 80 valence electrons. The third-order valence-electron chi connectivity index (χ3n) is 2.87. The largest absolute Gasteiger partial charge is 0.387 e. The van der Waals surface area contributed by atoms with Crippen LogP contribution in [-0.4, -0.2) is 25.6 Å². The molecule has 4 nitrogen and oxygen atoms in total. The van der Waals surface area contributed by atoms with E-state index in [2.05, 4.69) is 5.10 Å². The second-order valence-corrected chi connectivity index (χ2v) is 3.59. The van der Waals surface area contributed by atoms with E-state index in [4.69, 9.17) is 0 Å². The fourth-order valence-electron chi connectivity index (χ4n) is 1.56. The lowest BCUT2D eigenvalue weighted by Crippen LogP contribution is -2.35. The van der Waals surface area contributed by atoms with Crippen LogP contribution in [0.1, 0.15) is 38.5 Å². The van der Waals surface area contributed by atoms with E-state index in [-0.39, 0.29) is 0 Å². The van der Waals surface area contributed by atoms with Crippen molar-refractivity contribution in [2.75, 3.05) is 0 Å². The molecule has 0 spiro atoms. The van der Waals surface area contributed by atoms with Gasteiger partial charge in [0.1, 0.15) is 6.10 Å². The standard InChI is InChI=1S/C10H18N2O2/c1-4-10(14,5-2)9(13)8-6-7-11-12(8)3/h6-7,9,13-14H,4-5H2,1-3H3. The molecular weight excluding hydrogens is 180 g/mol. The number of aliphatic hydroxyl groups is 2. The average molecular weight is 198 g/mol. The fraction of sp³-hybridized carbons (Fsp3) is 0.700. The second kappa shape index (κ2) is 4.11. The van der Waals surface area contributed by atoms with Gasteiger partial charge in [-0.3, -0.25) is 4.68 Å². The molecule has 0 amide bonds. The van der Waals surface area contributed by atoms with E-state index in [9.17, 15) is 10.2 Å². The van der Waals surface area contributed by atoms with Crippen LogP contribution in [0.4, 0.5) is 0 Å². The van der Waals surface area contributed by atoms with Gasteiger partial charge in [-0.2, -0.15) is 5.10 Å². The first-order valence-electron chi connectivity index (χ1n) is 4.93. The Labute approximate surface area is 84.2 Å². The van der Waals surface area contributed by atoms with Crippen molar-refractivity contribution in [3.8, 4) is 0 Å². The SMILES string of the molecule is CCC(O)(CC)C(O)c1ccnn1C. The molecule has 0 saturated carbocycles. The summed E-state index contributed by atoms with van der Waals surface area (Å²) in [5.41, 5.74) is -0.399. The average Bonchev–Trinajstić information content (AvgIpc) is 2.62. The first kappa shape index (κ1) is 11.2. The van der Waals surface area contributed by atoms with Crippen LogP contribution in [0.3, 0.4) is 0 Å². The molecule has 0 aromatic carbocycles. The van der Waals surface area contributed by atoms with Crippen LogP contribution in [0.25, 0.3) is 0 Å². The van der Waals surface area contributed by atoms with Gasteiger partial charge in [0, 0.05) is 13.2 Å². The molecule has 0 aliphatic carbocycles. The first-order chi connectivity index (χ1) is 6.55. The van der Waals surface area contributed by atoms with Gasteiger partial charge in [0.2, 0.25) is 0 Å². The third-order valence-corrected chi connectivity index (χ3v) is 2.87. The number of aryl methyl sites for hydroxylation is 1. The van der Waals surface area contributed by atoms with Gasteiger partial charge in [-0.15, -0.1) is 0 Å². The zero-order valence-electron chi connectivity index (χ0n) is 8.94. The van der Waals surface area contributed by atoms with Crippen molar-refractivity contribution >= 4 is 0 Å². The van der Waals surface area contributed by atoms with Gasteiger partial charge in [0.05, 0.1) is 11.3 Å². The van der Waals surface area contributed by atoms with Gasteiger partial charge in [-0.1, -0.05) is 13.8 Å². The van der Waals surface area contributed by atoms with Crippen LogP contribution in [-0.2, 0) is 7.05 Å². The van der Waals surface area contributed by atoms with Crippen molar-refractivity contribution in [1.29, 1.82) is 0 Å². The molecular formula is C10H18N2O2. The van der Waals surface area contributed by atoms with Crippen molar-refractivity contribution in [3.05, 3.63) is 18.0 Å². The van der Waals surface area contributed by atoms with Crippen LogP contribution < -0.4 is 0 Å². The van der Waals surface area contributed by atoms with Crippen molar-refractivity contribution in [1.82, 2.24) is 9.78 Å². The van der Waals surface area contributed by atoms with E-state index in [0.29, 0.717) is 18.5 Å². The Morgan fingerprint density at radius 3 is 2.43 bits per heavy atom. The molecule has 4 heteroatoms. The second-order valence-electron chi connectivity index (χ2n) is 3.59. The van der Waals surface area contributed by atoms with E-state index in [0.717, 1.165) is 0 Å². The molecule has 1 rings (SSSR count). The zero-order chi connectivity index (χ0) is 10.8. The summed E-state index contributed by atoms with van der Waals surface area (Å²) in [6.07, 6.45) is 1.79. The van der Waals surface area contributed by atoms with Crippen LogP contribution in [0.15, 0.2) is 12.3 Å². The highest BCUT2D eigenvalue weighted by atomic mass is 16.3. The Balaban J connectivity index is 2.94. The minimum Gasteiger partial charge on any atom is -0.387 e. The topological polar surface area (TPSA) is 58.3 Å². The summed E-state index contributed by atoms with van der Waals surface area (Å²) in [7, 11) is 1.75. The normalized spacial score (nSPS) is 14.4. The molecule has 1 atom stereocenters. The van der Waals surface area contributed by atoms with Crippen LogP contribution >= 0.6 is 0 Å². The highest BCUT2D eigenvalue weighted by Crippen LogP contribution is 2.30. The predicted octanol–water partition coefficient (Wildman–Crippen LogP) is 1.00. The van der Waals surface area contributed by atoms with Gasteiger partial charge in [0.15, 0.2) is 0 Å². The summed E-state index contributed by atoms with van der Waals surface area (Å²) < 4.78 is 1.58. The van der Waals surface area contributed by atoms with Gasteiger partial charge >= 0.3 is 0 Å². The number of hydrogen-bond acceptors (Lipinski definition) is 3. The Hall–Kier alpha value is -0.870. The summed E-state index contributed by atoms with van der Waals surface area (Å²) in [6.45, 7) is 3.73. The first-order valence-corrected chi connectivity index (χ1v) is 4.93. The lowest BCUT2D eigenvalue weighted by atomic mass is 9.89. The van der Waals surface area contributed by atoms with Gasteiger partial charge < -0.3 is 10.2 Å². The maximum absolute atomic E-state index is 10.1. The van der Waals surface area contributed by atoms with Crippen molar-refractivity contribution in [3.63, 3.8) is 0 Å². The molecule has 2 N–H and O–H groups in total. The van der Waals surface area contributed by atoms with Gasteiger partial charge in [-0.05, 0) is 18.9 Å². The monoisotopic (exact) mass is 198 g/mol. The third kappa shape index (κ3) is 1.81.